The molecule has 2 rings (SSSR count). The minimum atomic E-state index is -1.09. The van der Waals surface area contributed by atoms with Crippen LogP contribution >= 0.6 is 11.3 Å². The summed E-state index contributed by atoms with van der Waals surface area (Å²) in [6, 6.07) is 10.6. The number of carbonyl (C=O) groups excluding carboxylic acids is 2. The second-order valence-corrected chi connectivity index (χ2v) is 6.45. The standard InChI is InChI=1S/C18H20N2O3S/c1-18(23,15-4-3-11-24-15)12-20-16(21)10-7-13-5-8-14(9-6-13)17(22)19-2/h3-11,23H,12H2,1-2H3,(H,19,22)(H,20,21)/b10-7+/t18-/m1/s1. The molecule has 5 nitrogen and oxygen atoms in total. The molecule has 2 amide bonds. The molecule has 2 aromatic rings. The predicted octanol–water partition coefficient (Wildman–Crippen LogP) is 2.14. The molecule has 3 N–H and O–H groups in total. The average molecular weight is 344 g/mol. The fourth-order valence-electron chi connectivity index (χ4n) is 2.05. The molecule has 0 fully saturated rings. The third-order valence-corrected chi connectivity index (χ3v) is 4.61. The third kappa shape index (κ3) is 4.78. The summed E-state index contributed by atoms with van der Waals surface area (Å²) >= 11 is 1.45. The number of thiophene rings is 1. The Morgan fingerprint density at radius 3 is 2.54 bits per heavy atom. The van der Waals surface area contributed by atoms with Gasteiger partial charge in [0.15, 0.2) is 0 Å². The lowest BCUT2D eigenvalue weighted by Crippen LogP contribution is -2.37. The Hall–Kier alpha value is -2.44. The molecule has 1 aromatic carbocycles. The van der Waals surface area contributed by atoms with Crippen molar-refractivity contribution in [2.75, 3.05) is 13.6 Å². The van der Waals surface area contributed by atoms with Crippen LogP contribution in [0.4, 0.5) is 0 Å². The van der Waals surface area contributed by atoms with Crippen LogP contribution in [0.5, 0.6) is 0 Å². The maximum Gasteiger partial charge on any atom is 0.251 e. The summed E-state index contributed by atoms with van der Waals surface area (Å²) < 4.78 is 0. The number of carbonyl (C=O) groups is 2. The van der Waals surface area contributed by atoms with E-state index in [-0.39, 0.29) is 18.4 Å². The van der Waals surface area contributed by atoms with Gasteiger partial charge in [0.2, 0.25) is 5.91 Å². The topological polar surface area (TPSA) is 78.4 Å². The van der Waals surface area contributed by atoms with E-state index in [0.717, 1.165) is 10.4 Å². The summed E-state index contributed by atoms with van der Waals surface area (Å²) in [4.78, 5) is 24.1. The lowest BCUT2D eigenvalue weighted by Gasteiger charge is -2.21. The van der Waals surface area contributed by atoms with Crippen LogP contribution in [0.1, 0.15) is 27.7 Å². The molecule has 0 saturated heterocycles. The minimum absolute atomic E-state index is 0.131. The highest BCUT2D eigenvalue weighted by Gasteiger charge is 2.24. The first-order valence-corrected chi connectivity index (χ1v) is 8.35. The van der Waals surface area contributed by atoms with Crippen molar-refractivity contribution in [1.82, 2.24) is 10.6 Å². The number of hydrogen-bond donors (Lipinski definition) is 3. The van der Waals surface area contributed by atoms with E-state index in [9.17, 15) is 14.7 Å². The van der Waals surface area contributed by atoms with Crippen molar-refractivity contribution in [1.29, 1.82) is 0 Å². The lowest BCUT2D eigenvalue weighted by atomic mass is 10.1. The van der Waals surface area contributed by atoms with Crippen LogP contribution in [0.15, 0.2) is 47.9 Å². The number of amides is 2. The van der Waals surface area contributed by atoms with Crippen molar-refractivity contribution in [2.45, 2.75) is 12.5 Å². The Morgan fingerprint density at radius 1 is 1.25 bits per heavy atom. The Balaban J connectivity index is 1.90. The van der Waals surface area contributed by atoms with Crippen LogP contribution in [-0.4, -0.2) is 30.5 Å². The van der Waals surface area contributed by atoms with Gasteiger partial charge in [-0.3, -0.25) is 9.59 Å². The molecule has 0 aliphatic heterocycles. The molecule has 126 valence electrons. The van der Waals surface area contributed by atoms with Crippen LogP contribution < -0.4 is 10.6 Å². The molecule has 24 heavy (non-hydrogen) atoms. The molecule has 1 atom stereocenters. The van der Waals surface area contributed by atoms with Gasteiger partial charge in [-0.05, 0) is 42.1 Å². The predicted molar refractivity (Wildman–Crippen MR) is 95.8 cm³/mol. The molecule has 0 bridgehead atoms. The van der Waals surface area contributed by atoms with Gasteiger partial charge < -0.3 is 15.7 Å². The molecule has 0 aliphatic rings. The van der Waals surface area contributed by atoms with Crippen molar-refractivity contribution in [3.05, 3.63) is 63.9 Å². The van der Waals surface area contributed by atoms with Gasteiger partial charge in [0.1, 0.15) is 5.60 Å². The molecular formula is C18H20N2O3S. The summed E-state index contributed by atoms with van der Waals surface area (Å²) in [5, 5.41) is 17.5. The number of hydrogen-bond acceptors (Lipinski definition) is 4. The Bertz CT molecular complexity index is 719. The molecule has 0 unspecified atom stereocenters. The van der Waals surface area contributed by atoms with Gasteiger partial charge in [-0.2, -0.15) is 0 Å². The summed E-state index contributed by atoms with van der Waals surface area (Å²) in [5.74, 6) is -0.443. The number of rotatable bonds is 6. The molecule has 0 saturated carbocycles. The van der Waals surface area contributed by atoms with E-state index in [1.54, 1.807) is 44.3 Å². The van der Waals surface area contributed by atoms with Crippen LogP contribution in [0, 0.1) is 0 Å². The van der Waals surface area contributed by atoms with Crippen LogP contribution in [0.2, 0.25) is 0 Å². The fourth-order valence-corrected chi connectivity index (χ4v) is 2.84. The molecule has 0 aliphatic carbocycles. The molecule has 0 radical (unpaired) electrons. The smallest absolute Gasteiger partial charge is 0.251 e. The van der Waals surface area contributed by atoms with Crippen molar-refractivity contribution in [3.63, 3.8) is 0 Å². The van der Waals surface area contributed by atoms with Crippen molar-refractivity contribution >= 4 is 29.2 Å². The van der Waals surface area contributed by atoms with Crippen molar-refractivity contribution in [2.24, 2.45) is 0 Å². The van der Waals surface area contributed by atoms with Gasteiger partial charge >= 0.3 is 0 Å². The van der Waals surface area contributed by atoms with E-state index >= 15 is 0 Å². The second-order valence-electron chi connectivity index (χ2n) is 5.50. The van der Waals surface area contributed by atoms with E-state index in [0.29, 0.717) is 5.56 Å². The van der Waals surface area contributed by atoms with E-state index in [2.05, 4.69) is 10.6 Å². The molecular weight excluding hydrogens is 324 g/mol. The van der Waals surface area contributed by atoms with Crippen LogP contribution in [0.25, 0.3) is 6.08 Å². The SMILES string of the molecule is CNC(=O)c1ccc(/C=C/C(=O)NC[C@@](C)(O)c2cccs2)cc1. The average Bonchev–Trinajstić information content (AvgIpc) is 3.13. The van der Waals surface area contributed by atoms with Crippen molar-refractivity contribution < 1.29 is 14.7 Å². The zero-order chi connectivity index (χ0) is 17.6. The van der Waals surface area contributed by atoms with Gasteiger partial charge in [0, 0.05) is 23.6 Å². The quantitative estimate of drug-likeness (QED) is 0.703. The Labute approximate surface area is 145 Å². The number of aliphatic hydroxyl groups is 1. The Morgan fingerprint density at radius 2 is 1.96 bits per heavy atom. The highest BCUT2D eigenvalue weighted by molar-refractivity contribution is 7.10. The number of nitrogens with one attached hydrogen (secondary N) is 2. The first kappa shape index (κ1) is 17.9. The van der Waals surface area contributed by atoms with Gasteiger partial charge in [-0.15, -0.1) is 11.3 Å². The van der Waals surface area contributed by atoms with E-state index < -0.39 is 5.60 Å². The largest absolute Gasteiger partial charge is 0.383 e. The fraction of sp³-hybridized carbons (Fsp3) is 0.222. The van der Waals surface area contributed by atoms with Crippen LogP contribution in [0.3, 0.4) is 0 Å². The second kappa shape index (κ2) is 7.90. The maximum atomic E-state index is 11.9. The zero-order valence-electron chi connectivity index (χ0n) is 13.6. The summed E-state index contributed by atoms with van der Waals surface area (Å²) in [5.41, 5.74) is 0.279. The van der Waals surface area contributed by atoms with Gasteiger partial charge in [-0.25, -0.2) is 0 Å². The summed E-state index contributed by atoms with van der Waals surface area (Å²) in [7, 11) is 1.57. The van der Waals surface area contributed by atoms with Gasteiger partial charge in [0.25, 0.3) is 5.91 Å². The summed E-state index contributed by atoms with van der Waals surface area (Å²) in [6.07, 6.45) is 3.06. The van der Waals surface area contributed by atoms with Crippen molar-refractivity contribution in [3.8, 4) is 0 Å². The first-order chi connectivity index (χ1) is 11.4. The molecule has 6 heteroatoms. The number of benzene rings is 1. The van der Waals surface area contributed by atoms with E-state index in [1.165, 1.54) is 17.4 Å². The van der Waals surface area contributed by atoms with E-state index in [1.807, 2.05) is 17.5 Å². The highest BCUT2D eigenvalue weighted by atomic mass is 32.1. The third-order valence-electron chi connectivity index (χ3n) is 3.49. The molecule has 1 aromatic heterocycles. The molecule has 1 heterocycles. The van der Waals surface area contributed by atoms with E-state index in [4.69, 9.17) is 0 Å². The zero-order valence-corrected chi connectivity index (χ0v) is 14.4. The monoisotopic (exact) mass is 344 g/mol. The highest BCUT2D eigenvalue weighted by Crippen LogP contribution is 2.24. The summed E-state index contributed by atoms with van der Waals surface area (Å²) in [6.45, 7) is 1.80. The van der Waals surface area contributed by atoms with Gasteiger partial charge in [-0.1, -0.05) is 18.2 Å². The lowest BCUT2D eigenvalue weighted by molar-refractivity contribution is -0.117. The normalized spacial score (nSPS) is 13.5. The Kier molecular flexibility index (Phi) is 5.89. The van der Waals surface area contributed by atoms with Gasteiger partial charge in [0.05, 0.1) is 6.54 Å². The molecule has 0 spiro atoms. The first-order valence-electron chi connectivity index (χ1n) is 7.47. The van der Waals surface area contributed by atoms with Crippen LogP contribution in [-0.2, 0) is 10.4 Å². The minimum Gasteiger partial charge on any atom is -0.383 e. The maximum absolute atomic E-state index is 11.9.